The first-order valence-corrected chi connectivity index (χ1v) is 10.5. The molecule has 1 saturated carbocycles. The van der Waals surface area contributed by atoms with E-state index in [2.05, 4.69) is 11.7 Å². The molecule has 4 nitrogen and oxygen atoms in total. The highest BCUT2D eigenvalue weighted by molar-refractivity contribution is 5.68. The van der Waals surface area contributed by atoms with E-state index >= 15 is 0 Å². The lowest BCUT2D eigenvalue weighted by molar-refractivity contribution is -0.140. The van der Waals surface area contributed by atoms with Crippen LogP contribution in [-0.2, 0) is 9.53 Å². The van der Waals surface area contributed by atoms with Crippen LogP contribution in [0.3, 0.4) is 0 Å². The standard InChI is InChI=1S/C21H40O4/c1-3-4-5-9-12-17-15-16-18(21(24)20(17)23)13-10-7-6-8-11-14-19(22)25-2/h17-18,20-21,23-24H,3-16H2,1-2H3. The molecule has 0 heterocycles. The van der Waals surface area contributed by atoms with E-state index in [4.69, 9.17) is 0 Å². The summed E-state index contributed by atoms with van der Waals surface area (Å²) in [6.07, 6.45) is 13.9. The molecule has 0 saturated heterocycles. The highest BCUT2D eigenvalue weighted by atomic mass is 16.5. The van der Waals surface area contributed by atoms with Gasteiger partial charge in [0.1, 0.15) is 0 Å². The Labute approximate surface area is 154 Å². The zero-order valence-electron chi connectivity index (χ0n) is 16.4. The average molecular weight is 357 g/mol. The second-order valence-corrected chi connectivity index (χ2v) is 7.81. The van der Waals surface area contributed by atoms with Gasteiger partial charge in [0.2, 0.25) is 0 Å². The van der Waals surface area contributed by atoms with Crippen LogP contribution in [0.1, 0.15) is 96.8 Å². The zero-order chi connectivity index (χ0) is 18.5. The molecular weight excluding hydrogens is 316 g/mol. The van der Waals surface area contributed by atoms with Crippen LogP contribution in [0.25, 0.3) is 0 Å². The van der Waals surface area contributed by atoms with Gasteiger partial charge in [0, 0.05) is 6.42 Å². The van der Waals surface area contributed by atoms with E-state index in [0.29, 0.717) is 12.3 Å². The molecule has 148 valence electrons. The highest BCUT2D eigenvalue weighted by Gasteiger charge is 2.36. The van der Waals surface area contributed by atoms with E-state index in [-0.39, 0.29) is 11.9 Å². The maximum absolute atomic E-state index is 11.0. The molecule has 0 bridgehead atoms. The van der Waals surface area contributed by atoms with E-state index < -0.39 is 12.2 Å². The van der Waals surface area contributed by atoms with Crippen LogP contribution in [-0.4, -0.2) is 35.5 Å². The monoisotopic (exact) mass is 356 g/mol. The van der Waals surface area contributed by atoms with Crippen LogP contribution in [0.4, 0.5) is 0 Å². The van der Waals surface area contributed by atoms with E-state index in [0.717, 1.165) is 57.8 Å². The van der Waals surface area contributed by atoms with Crippen molar-refractivity contribution in [3.05, 3.63) is 0 Å². The van der Waals surface area contributed by atoms with Gasteiger partial charge in [0.25, 0.3) is 0 Å². The lowest BCUT2D eigenvalue weighted by Gasteiger charge is -2.38. The summed E-state index contributed by atoms with van der Waals surface area (Å²) in [5.41, 5.74) is 0. The Morgan fingerprint density at radius 3 is 1.84 bits per heavy atom. The molecule has 4 heteroatoms. The predicted octanol–water partition coefficient (Wildman–Crippen LogP) is 4.61. The Bertz CT molecular complexity index is 345. The van der Waals surface area contributed by atoms with Gasteiger partial charge in [-0.25, -0.2) is 0 Å². The molecule has 0 radical (unpaired) electrons. The molecule has 1 aliphatic carbocycles. The van der Waals surface area contributed by atoms with Gasteiger partial charge < -0.3 is 14.9 Å². The summed E-state index contributed by atoms with van der Waals surface area (Å²) < 4.78 is 4.63. The van der Waals surface area contributed by atoms with Crippen molar-refractivity contribution >= 4 is 5.97 Å². The van der Waals surface area contributed by atoms with Gasteiger partial charge in [0.05, 0.1) is 19.3 Å². The van der Waals surface area contributed by atoms with Crippen molar-refractivity contribution in [2.24, 2.45) is 11.8 Å². The summed E-state index contributed by atoms with van der Waals surface area (Å²) in [6, 6.07) is 0. The number of unbranched alkanes of at least 4 members (excludes halogenated alkanes) is 7. The fourth-order valence-corrected chi connectivity index (χ4v) is 4.10. The molecule has 0 amide bonds. The summed E-state index contributed by atoms with van der Waals surface area (Å²) in [4.78, 5) is 11.0. The van der Waals surface area contributed by atoms with Crippen molar-refractivity contribution in [3.8, 4) is 0 Å². The fourth-order valence-electron chi connectivity index (χ4n) is 4.10. The van der Waals surface area contributed by atoms with Crippen molar-refractivity contribution in [2.45, 2.75) is 109 Å². The number of aliphatic hydroxyl groups excluding tert-OH is 2. The quantitative estimate of drug-likeness (QED) is 0.373. The van der Waals surface area contributed by atoms with Gasteiger partial charge in [-0.2, -0.15) is 0 Å². The second-order valence-electron chi connectivity index (χ2n) is 7.81. The minimum Gasteiger partial charge on any atom is -0.469 e. The fraction of sp³-hybridized carbons (Fsp3) is 0.952. The van der Waals surface area contributed by atoms with Crippen LogP contribution in [0.2, 0.25) is 0 Å². The van der Waals surface area contributed by atoms with E-state index in [1.807, 2.05) is 0 Å². The van der Waals surface area contributed by atoms with Crippen LogP contribution >= 0.6 is 0 Å². The van der Waals surface area contributed by atoms with Gasteiger partial charge in [-0.3, -0.25) is 4.79 Å². The van der Waals surface area contributed by atoms with Crippen LogP contribution in [0, 0.1) is 11.8 Å². The topological polar surface area (TPSA) is 66.8 Å². The number of carbonyl (C=O) groups excluding carboxylic acids is 1. The summed E-state index contributed by atoms with van der Waals surface area (Å²) >= 11 is 0. The first-order chi connectivity index (χ1) is 12.1. The number of aliphatic hydroxyl groups is 2. The van der Waals surface area contributed by atoms with Gasteiger partial charge in [-0.05, 0) is 43.9 Å². The van der Waals surface area contributed by atoms with Gasteiger partial charge in [-0.15, -0.1) is 0 Å². The molecular formula is C21H40O4. The number of ether oxygens (including phenoxy) is 1. The molecule has 0 aromatic heterocycles. The molecule has 4 unspecified atom stereocenters. The average Bonchev–Trinajstić information content (AvgIpc) is 2.62. The predicted molar refractivity (Wildman–Crippen MR) is 101 cm³/mol. The Morgan fingerprint density at radius 2 is 1.32 bits per heavy atom. The number of esters is 1. The molecule has 1 fully saturated rings. The van der Waals surface area contributed by atoms with Gasteiger partial charge >= 0.3 is 5.97 Å². The maximum atomic E-state index is 11.0. The lowest BCUT2D eigenvalue weighted by atomic mass is 9.74. The SMILES string of the molecule is CCCCCCC1CCC(CCCCCCCC(=O)OC)C(O)C1O. The molecule has 0 spiro atoms. The summed E-state index contributed by atoms with van der Waals surface area (Å²) in [5.74, 6) is 0.432. The summed E-state index contributed by atoms with van der Waals surface area (Å²) in [6.45, 7) is 2.21. The van der Waals surface area contributed by atoms with Crippen molar-refractivity contribution in [3.63, 3.8) is 0 Å². The number of carbonyl (C=O) groups is 1. The smallest absolute Gasteiger partial charge is 0.305 e. The first-order valence-electron chi connectivity index (χ1n) is 10.5. The Kier molecular flexibility index (Phi) is 12.2. The Balaban J connectivity index is 2.10. The molecule has 1 aliphatic rings. The maximum Gasteiger partial charge on any atom is 0.305 e. The number of hydrogen-bond donors (Lipinski definition) is 2. The van der Waals surface area contributed by atoms with E-state index in [1.165, 1.54) is 32.8 Å². The first kappa shape index (κ1) is 22.4. The van der Waals surface area contributed by atoms with E-state index in [9.17, 15) is 15.0 Å². The minimum atomic E-state index is -0.538. The molecule has 2 N–H and O–H groups in total. The number of hydrogen-bond acceptors (Lipinski definition) is 4. The second kappa shape index (κ2) is 13.6. The minimum absolute atomic E-state index is 0.122. The van der Waals surface area contributed by atoms with Crippen molar-refractivity contribution in [1.29, 1.82) is 0 Å². The zero-order valence-corrected chi connectivity index (χ0v) is 16.4. The molecule has 0 aliphatic heterocycles. The third-order valence-corrected chi connectivity index (χ3v) is 5.84. The molecule has 1 rings (SSSR count). The Morgan fingerprint density at radius 1 is 0.840 bits per heavy atom. The summed E-state index contributed by atoms with van der Waals surface area (Å²) in [5, 5.41) is 20.9. The van der Waals surface area contributed by atoms with Crippen molar-refractivity contribution < 1.29 is 19.7 Å². The van der Waals surface area contributed by atoms with Gasteiger partial charge in [-0.1, -0.05) is 58.3 Å². The van der Waals surface area contributed by atoms with Crippen LogP contribution < -0.4 is 0 Å². The number of rotatable bonds is 13. The highest BCUT2D eigenvalue weighted by Crippen LogP contribution is 2.35. The third-order valence-electron chi connectivity index (χ3n) is 5.84. The largest absolute Gasteiger partial charge is 0.469 e. The molecule has 0 aromatic carbocycles. The molecule has 0 aromatic rings. The van der Waals surface area contributed by atoms with Crippen molar-refractivity contribution in [2.75, 3.05) is 7.11 Å². The van der Waals surface area contributed by atoms with E-state index in [1.54, 1.807) is 0 Å². The number of methoxy groups -OCH3 is 1. The van der Waals surface area contributed by atoms with Crippen molar-refractivity contribution in [1.82, 2.24) is 0 Å². The summed E-state index contributed by atoms with van der Waals surface area (Å²) in [7, 11) is 1.43. The lowest BCUT2D eigenvalue weighted by Crippen LogP contribution is -2.43. The van der Waals surface area contributed by atoms with Crippen LogP contribution in [0.15, 0.2) is 0 Å². The van der Waals surface area contributed by atoms with Gasteiger partial charge in [0.15, 0.2) is 0 Å². The molecule has 4 atom stereocenters. The third kappa shape index (κ3) is 9.05. The molecule has 25 heavy (non-hydrogen) atoms. The van der Waals surface area contributed by atoms with Crippen LogP contribution in [0.5, 0.6) is 0 Å². The normalized spacial score (nSPS) is 26.6. The Hall–Kier alpha value is -0.610.